The summed E-state index contributed by atoms with van der Waals surface area (Å²) in [7, 11) is 1.70. The summed E-state index contributed by atoms with van der Waals surface area (Å²) in [6.45, 7) is 6.14. The largest absolute Gasteiger partial charge is 0.388 e. The molecule has 2 nitrogen and oxygen atoms in total. The van der Waals surface area contributed by atoms with Gasteiger partial charge < -0.3 is 9.84 Å². The van der Waals surface area contributed by atoms with Crippen molar-refractivity contribution >= 4 is 0 Å². The van der Waals surface area contributed by atoms with Crippen molar-refractivity contribution in [2.24, 2.45) is 0 Å². The fraction of sp³-hybridized carbons (Fsp3) is 0.571. The lowest BCUT2D eigenvalue weighted by Crippen LogP contribution is -2.08. The third-order valence-corrected chi connectivity index (χ3v) is 3.03. The van der Waals surface area contributed by atoms with Gasteiger partial charge >= 0.3 is 0 Å². The molecule has 0 fully saturated rings. The van der Waals surface area contributed by atoms with Crippen LogP contribution in [-0.4, -0.2) is 18.3 Å². The average molecular weight is 222 g/mol. The van der Waals surface area contributed by atoms with Crippen LogP contribution in [0, 0.1) is 13.8 Å². The molecule has 0 aliphatic heterocycles. The number of benzene rings is 1. The van der Waals surface area contributed by atoms with Gasteiger partial charge in [-0.1, -0.05) is 23.8 Å². The number of ether oxygens (including phenoxy) is 1. The van der Waals surface area contributed by atoms with Crippen LogP contribution < -0.4 is 0 Å². The van der Waals surface area contributed by atoms with E-state index in [4.69, 9.17) is 4.74 Å². The van der Waals surface area contributed by atoms with Gasteiger partial charge in [0.25, 0.3) is 0 Å². The Bertz CT molecular complexity index is 334. The molecule has 16 heavy (non-hydrogen) atoms. The molecule has 0 saturated heterocycles. The first kappa shape index (κ1) is 13.2. The fourth-order valence-corrected chi connectivity index (χ4v) is 1.87. The molecule has 0 radical (unpaired) electrons. The zero-order chi connectivity index (χ0) is 12.1. The zero-order valence-corrected chi connectivity index (χ0v) is 10.7. The molecule has 2 unspecified atom stereocenters. The molecule has 0 aliphatic carbocycles. The van der Waals surface area contributed by atoms with Crippen LogP contribution in [0.15, 0.2) is 18.2 Å². The summed E-state index contributed by atoms with van der Waals surface area (Å²) in [4.78, 5) is 0. The Balaban J connectivity index is 2.62. The summed E-state index contributed by atoms with van der Waals surface area (Å²) >= 11 is 0. The predicted octanol–water partition coefficient (Wildman–Crippen LogP) is 3.15. The minimum Gasteiger partial charge on any atom is -0.388 e. The Hall–Kier alpha value is -0.860. The minimum absolute atomic E-state index is 0.209. The second-order valence-corrected chi connectivity index (χ2v) is 4.50. The van der Waals surface area contributed by atoms with Gasteiger partial charge in [-0.25, -0.2) is 0 Å². The quantitative estimate of drug-likeness (QED) is 0.829. The molecular weight excluding hydrogens is 200 g/mol. The number of hydrogen-bond donors (Lipinski definition) is 1. The van der Waals surface area contributed by atoms with Crippen LogP contribution in [-0.2, 0) is 4.74 Å². The van der Waals surface area contributed by atoms with Crippen LogP contribution in [0.2, 0.25) is 0 Å². The number of aliphatic hydroxyl groups is 1. The lowest BCUT2D eigenvalue weighted by molar-refractivity contribution is 0.0849. The van der Waals surface area contributed by atoms with Crippen molar-refractivity contribution in [3.63, 3.8) is 0 Å². The Labute approximate surface area is 98.3 Å². The molecule has 2 atom stereocenters. The normalized spacial score (nSPS) is 14.8. The van der Waals surface area contributed by atoms with Gasteiger partial charge in [0.05, 0.1) is 12.2 Å². The molecule has 0 saturated carbocycles. The highest BCUT2D eigenvalue weighted by molar-refractivity contribution is 5.31. The van der Waals surface area contributed by atoms with Crippen molar-refractivity contribution in [3.8, 4) is 0 Å². The summed E-state index contributed by atoms with van der Waals surface area (Å²) in [6, 6.07) is 6.18. The molecule has 90 valence electrons. The number of aliphatic hydroxyl groups excluding tert-OH is 1. The first-order chi connectivity index (χ1) is 7.54. The van der Waals surface area contributed by atoms with Crippen molar-refractivity contribution in [1.29, 1.82) is 0 Å². The minimum atomic E-state index is -0.377. The smallest absolute Gasteiger partial charge is 0.0793 e. The number of hydrogen-bond acceptors (Lipinski definition) is 2. The summed E-state index contributed by atoms with van der Waals surface area (Å²) in [5.41, 5.74) is 3.44. The van der Waals surface area contributed by atoms with E-state index in [1.54, 1.807) is 7.11 Å². The maximum absolute atomic E-state index is 10.1. The summed E-state index contributed by atoms with van der Waals surface area (Å²) in [5.74, 6) is 0. The first-order valence-electron chi connectivity index (χ1n) is 5.82. The van der Waals surface area contributed by atoms with E-state index < -0.39 is 0 Å². The van der Waals surface area contributed by atoms with Crippen molar-refractivity contribution in [1.82, 2.24) is 0 Å². The standard InChI is InChI=1S/C14H22O2/c1-10-5-7-13(11(2)9-10)14(15)8-6-12(3)16-4/h5,7,9,12,14-15H,6,8H2,1-4H3. The van der Waals surface area contributed by atoms with Crippen LogP contribution in [0.4, 0.5) is 0 Å². The van der Waals surface area contributed by atoms with Gasteiger partial charge in [-0.15, -0.1) is 0 Å². The van der Waals surface area contributed by atoms with Crippen LogP contribution in [0.1, 0.15) is 42.6 Å². The molecule has 0 aromatic heterocycles. The van der Waals surface area contributed by atoms with Crippen molar-refractivity contribution < 1.29 is 9.84 Å². The Morgan fingerprint density at radius 1 is 1.25 bits per heavy atom. The van der Waals surface area contributed by atoms with Crippen LogP contribution in [0.5, 0.6) is 0 Å². The predicted molar refractivity (Wildman–Crippen MR) is 66.6 cm³/mol. The monoisotopic (exact) mass is 222 g/mol. The number of aryl methyl sites for hydroxylation is 2. The fourth-order valence-electron chi connectivity index (χ4n) is 1.87. The average Bonchev–Trinajstić information content (AvgIpc) is 2.25. The third-order valence-electron chi connectivity index (χ3n) is 3.03. The molecule has 1 aromatic carbocycles. The van der Waals surface area contributed by atoms with Crippen molar-refractivity contribution in [2.45, 2.75) is 45.8 Å². The topological polar surface area (TPSA) is 29.5 Å². The second kappa shape index (κ2) is 6.02. The van der Waals surface area contributed by atoms with Crippen molar-refractivity contribution in [2.75, 3.05) is 7.11 Å². The van der Waals surface area contributed by atoms with E-state index in [0.717, 1.165) is 24.0 Å². The molecular formula is C14H22O2. The van der Waals surface area contributed by atoms with E-state index in [9.17, 15) is 5.11 Å². The van der Waals surface area contributed by atoms with Gasteiger partial charge in [0.1, 0.15) is 0 Å². The van der Waals surface area contributed by atoms with E-state index in [-0.39, 0.29) is 12.2 Å². The summed E-state index contributed by atoms with van der Waals surface area (Å²) in [6.07, 6.45) is 1.46. The van der Waals surface area contributed by atoms with Crippen molar-refractivity contribution in [3.05, 3.63) is 34.9 Å². The summed E-state index contributed by atoms with van der Waals surface area (Å²) in [5, 5.41) is 10.1. The van der Waals surface area contributed by atoms with E-state index in [2.05, 4.69) is 13.0 Å². The molecule has 0 spiro atoms. The molecule has 0 heterocycles. The molecule has 0 aliphatic rings. The van der Waals surface area contributed by atoms with E-state index >= 15 is 0 Å². The van der Waals surface area contributed by atoms with Gasteiger partial charge in [0.2, 0.25) is 0 Å². The van der Waals surface area contributed by atoms with Crippen LogP contribution >= 0.6 is 0 Å². The van der Waals surface area contributed by atoms with Crippen LogP contribution in [0.3, 0.4) is 0 Å². The highest BCUT2D eigenvalue weighted by Crippen LogP contribution is 2.23. The molecule has 2 heteroatoms. The van der Waals surface area contributed by atoms with E-state index in [1.165, 1.54) is 5.56 Å². The molecule has 1 aromatic rings. The zero-order valence-electron chi connectivity index (χ0n) is 10.7. The SMILES string of the molecule is COC(C)CCC(O)c1ccc(C)cc1C. The maximum atomic E-state index is 10.1. The maximum Gasteiger partial charge on any atom is 0.0793 e. The van der Waals surface area contributed by atoms with Crippen LogP contribution in [0.25, 0.3) is 0 Å². The van der Waals surface area contributed by atoms with Gasteiger partial charge in [-0.3, -0.25) is 0 Å². The molecule has 0 amide bonds. The Morgan fingerprint density at radius 3 is 2.50 bits per heavy atom. The Morgan fingerprint density at radius 2 is 1.94 bits per heavy atom. The lowest BCUT2D eigenvalue weighted by atomic mass is 9.97. The first-order valence-corrected chi connectivity index (χ1v) is 5.82. The number of rotatable bonds is 5. The van der Waals surface area contributed by atoms with Gasteiger partial charge in [0, 0.05) is 7.11 Å². The molecule has 1 rings (SSSR count). The summed E-state index contributed by atoms with van der Waals surface area (Å²) < 4.78 is 5.17. The van der Waals surface area contributed by atoms with Gasteiger partial charge in [0.15, 0.2) is 0 Å². The third kappa shape index (κ3) is 3.62. The van der Waals surface area contributed by atoms with Gasteiger partial charge in [-0.05, 0) is 44.7 Å². The highest BCUT2D eigenvalue weighted by atomic mass is 16.5. The van der Waals surface area contributed by atoms with Gasteiger partial charge in [-0.2, -0.15) is 0 Å². The Kier molecular flexibility index (Phi) is 4.97. The van der Waals surface area contributed by atoms with E-state index in [1.807, 2.05) is 26.0 Å². The lowest BCUT2D eigenvalue weighted by Gasteiger charge is -2.16. The molecule has 1 N–H and O–H groups in total. The second-order valence-electron chi connectivity index (χ2n) is 4.50. The van der Waals surface area contributed by atoms with E-state index in [0.29, 0.717) is 0 Å². The highest BCUT2D eigenvalue weighted by Gasteiger charge is 2.11. The molecule has 0 bridgehead atoms. The number of methoxy groups -OCH3 is 1.